The van der Waals surface area contributed by atoms with Crippen molar-refractivity contribution in [2.24, 2.45) is 17.2 Å². The van der Waals surface area contributed by atoms with E-state index in [2.05, 4.69) is 0 Å². The molecule has 0 atom stereocenters. The molecular formula is C29H39Cl2N7O7S. The van der Waals surface area contributed by atoms with Crippen LogP contribution in [0.15, 0.2) is 42.5 Å². The lowest BCUT2D eigenvalue weighted by molar-refractivity contribution is -0.139. The van der Waals surface area contributed by atoms with Gasteiger partial charge >= 0.3 is 5.97 Å². The number of carbonyl (C=O) groups excluding carboxylic acids is 3. The van der Waals surface area contributed by atoms with Crippen molar-refractivity contribution < 1.29 is 32.3 Å². The zero-order valence-electron chi connectivity index (χ0n) is 25.4. The molecule has 0 aromatic heterocycles. The van der Waals surface area contributed by atoms with E-state index in [0.29, 0.717) is 42.9 Å². The average molecular weight is 701 g/mol. The van der Waals surface area contributed by atoms with E-state index in [4.69, 9.17) is 37.5 Å². The molecule has 1 heterocycles. The van der Waals surface area contributed by atoms with Gasteiger partial charge in [-0.05, 0) is 37.6 Å². The molecule has 0 aliphatic carbocycles. The van der Waals surface area contributed by atoms with Crippen molar-refractivity contribution in [3.8, 4) is 5.75 Å². The van der Waals surface area contributed by atoms with E-state index >= 15 is 0 Å². The third-order valence-corrected chi connectivity index (χ3v) is 8.45. The number of carbonyl (C=O) groups is 3. The SMILES string of the molecule is CCOC(=O)CS(=O)(=O)N(C/C=C/c1cccc(C(=N)N)c1)c1cc(C(N)=O)c(OC2CCN(C(C)=N)CC2)c(C(N)=O)c1.Cl.Cl. The number of rotatable bonds is 13. The number of sulfonamides is 1. The fourth-order valence-corrected chi connectivity index (χ4v) is 5.91. The van der Waals surface area contributed by atoms with Crippen molar-refractivity contribution in [3.63, 3.8) is 0 Å². The number of nitrogens with zero attached hydrogens (tertiary/aromatic N) is 2. The van der Waals surface area contributed by atoms with E-state index < -0.39 is 39.7 Å². The lowest BCUT2D eigenvalue weighted by Gasteiger charge is -2.33. The Bertz CT molecular complexity index is 1560. The summed E-state index contributed by atoms with van der Waals surface area (Å²) < 4.78 is 38.8. The van der Waals surface area contributed by atoms with Crippen LogP contribution in [0.5, 0.6) is 5.75 Å². The molecule has 0 bridgehead atoms. The molecule has 1 aliphatic rings. The molecule has 0 saturated carbocycles. The van der Waals surface area contributed by atoms with Crippen molar-refractivity contribution in [3.05, 3.63) is 64.7 Å². The van der Waals surface area contributed by atoms with Gasteiger partial charge in [-0.1, -0.05) is 30.4 Å². The molecule has 8 N–H and O–H groups in total. The Morgan fingerprint density at radius 3 is 2.11 bits per heavy atom. The number of benzene rings is 2. The number of likely N-dealkylation sites (tertiary alicyclic amines) is 1. The Morgan fingerprint density at radius 1 is 1.02 bits per heavy atom. The van der Waals surface area contributed by atoms with Crippen LogP contribution < -0.4 is 26.2 Å². The van der Waals surface area contributed by atoms with Crippen molar-refractivity contribution in [2.45, 2.75) is 32.8 Å². The summed E-state index contributed by atoms with van der Waals surface area (Å²) in [6.45, 7) is 3.89. The van der Waals surface area contributed by atoms with Gasteiger partial charge in [0.05, 0.1) is 35.8 Å². The third kappa shape index (κ3) is 10.4. The van der Waals surface area contributed by atoms with Gasteiger partial charge in [-0.15, -0.1) is 24.8 Å². The molecule has 0 unspecified atom stereocenters. The molecule has 1 aliphatic heterocycles. The Morgan fingerprint density at radius 2 is 1.61 bits per heavy atom. The van der Waals surface area contributed by atoms with Gasteiger partial charge in [-0.3, -0.25) is 29.5 Å². The predicted octanol–water partition coefficient (Wildman–Crippen LogP) is 2.27. The molecule has 1 saturated heterocycles. The van der Waals surface area contributed by atoms with Crippen molar-refractivity contribution in [1.29, 1.82) is 10.8 Å². The summed E-state index contributed by atoms with van der Waals surface area (Å²) in [6.07, 6.45) is 3.63. The minimum atomic E-state index is -4.43. The Kier molecular flexibility index (Phi) is 15.0. The number of amides is 2. The number of hydrogen-bond donors (Lipinski definition) is 5. The van der Waals surface area contributed by atoms with Crippen LogP contribution in [0.4, 0.5) is 5.69 Å². The number of ether oxygens (including phenoxy) is 2. The minimum Gasteiger partial charge on any atom is -0.489 e. The largest absolute Gasteiger partial charge is 0.489 e. The maximum Gasteiger partial charge on any atom is 0.323 e. The number of nitrogens with two attached hydrogens (primary N) is 3. The molecule has 252 valence electrons. The quantitative estimate of drug-likeness (QED) is 0.117. The summed E-state index contributed by atoms with van der Waals surface area (Å²) in [7, 11) is -4.43. The molecule has 1 fully saturated rings. The number of hydrogen-bond acceptors (Lipinski definition) is 9. The van der Waals surface area contributed by atoms with E-state index in [-0.39, 0.29) is 66.4 Å². The van der Waals surface area contributed by atoms with E-state index in [9.17, 15) is 22.8 Å². The average Bonchev–Trinajstić information content (AvgIpc) is 2.95. The van der Waals surface area contributed by atoms with Gasteiger partial charge in [0.15, 0.2) is 5.75 Å². The highest BCUT2D eigenvalue weighted by atomic mass is 35.5. The van der Waals surface area contributed by atoms with Crippen LogP contribution >= 0.6 is 24.8 Å². The summed E-state index contributed by atoms with van der Waals surface area (Å²) in [5.74, 6) is -3.89. The molecule has 14 nitrogen and oxygen atoms in total. The third-order valence-electron chi connectivity index (χ3n) is 6.81. The van der Waals surface area contributed by atoms with Crippen molar-refractivity contribution in [2.75, 3.05) is 36.3 Å². The van der Waals surface area contributed by atoms with Crippen molar-refractivity contribution in [1.82, 2.24) is 4.90 Å². The van der Waals surface area contributed by atoms with Gasteiger partial charge < -0.3 is 31.6 Å². The summed E-state index contributed by atoms with van der Waals surface area (Å²) in [6, 6.07) is 9.03. The number of piperidine rings is 1. The number of amidine groups is 2. The first kappa shape index (κ1) is 39.7. The second-order valence-corrected chi connectivity index (χ2v) is 11.9. The fourth-order valence-electron chi connectivity index (χ4n) is 4.63. The van der Waals surface area contributed by atoms with E-state index in [1.54, 1.807) is 37.3 Å². The maximum absolute atomic E-state index is 13.5. The molecule has 0 radical (unpaired) electrons. The van der Waals surface area contributed by atoms with Gasteiger partial charge in [0.2, 0.25) is 10.0 Å². The molecule has 3 rings (SSSR count). The summed E-state index contributed by atoms with van der Waals surface area (Å²) in [4.78, 5) is 39.3. The van der Waals surface area contributed by atoms with Crippen LogP contribution in [0.3, 0.4) is 0 Å². The first-order chi connectivity index (χ1) is 20.7. The minimum absolute atomic E-state index is 0. The zero-order chi connectivity index (χ0) is 32.6. The van der Waals surface area contributed by atoms with Gasteiger partial charge in [0, 0.05) is 31.5 Å². The predicted molar refractivity (Wildman–Crippen MR) is 181 cm³/mol. The molecule has 2 aromatic carbocycles. The molecule has 46 heavy (non-hydrogen) atoms. The summed E-state index contributed by atoms with van der Waals surface area (Å²) in [5.41, 5.74) is 17.3. The zero-order valence-corrected chi connectivity index (χ0v) is 27.8. The molecule has 2 aromatic rings. The smallest absolute Gasteiger partial charge is 0.323 e. The van der Waals surface area contributed by atoms with Gasteiger partial charge in [-0.25, -0.2) is 8.42 Å². The maximum atomic E-state index is 13.5. The highest BCUT2D eigenvalue weighted by Crippen LogP contribution is 2.33. The Hall–Kier alpha value is -4.34. The van der Waals surface area contributed by atoms with Crippen LogP contribution in [0.25, 0.3) is 6.08 Å². The number of anilines is 1. The van der Waals surface area contributed by atoms with Crippen molar-refractivity contribution >= 4 is 76.1 Å². The molecule has 2 amide bonds. The normalized spacial score (nSPS) is 13.2. The van der Waals surface area contributed by atoms with Gasteiger partial charge in [0.1, 0.15) is 17.7 Å². The molecule has 17 heteroatoms. The van der Waals surface area contributed by atoms with E-state index in [0.717, 1.165) is 4.31 Å². The summed E-state index contributed by atoms with van der Waals surface area (Å²) >= 11 is 0. The first-order valence-corrected chi connectivity index (χ1v) is 15.4. The Balaban J connectivity index is 0.00000529. The van der Waals surface area contributed by atoms with E-state index in [1.807, 2.05) is 4.90 Å². The number of halogens is 2. The lowest BCUT2D eigenvalue weighted by Crippen LogP contribution is -2.41. The number of esters is 1. The number of primary amides is 2. The lowest BCUT2D eigenvalue weighted by atomic mass is 10.0. The highest BCUT2D eigenvalue weighted by Gasteiger charge is 2.31. The fraction of sp³-hybridized carbons (Fsp3) is 0.345. The van der Waals surface area contributed by atoms with Gasteiger partial charge in [0.25, 0.3) is 11.8 Å². The van der Waals surface area contributed by atoms with Crippen LogP contribution in [-0.4, -0.2) is 80.9 Å². The standard InChI is InChI=1S/C29H37N7O7S.2ClH/c1-3-42-25(37)17-44(40,41)36(11-5-7-19-6-4-8-20(14-19)27(31)32)21-15-23(28(33)38)26(24(16-21)29(34)39)43-22-9-12-35(13-10-22)18(2)30;;/h4-8,14-16,22,30H,3,9-13,17H2,1-2H3,(H3,31,32)(H2,33,38)(H2,34,39);2*1H/b7-5+,30-18?;;. The van der Waals surface area contributed by atoms with Crippen LogP contribution in [0, 0.1) is 10.8 Å². The van der Waals surface area contributed by atoms with Crippen LogP contribution in [0.2, 0.25) is 0 Å². The topological polar surface area (TPSA) is 236 Å². The Labute approximate surface area is 280 Å². The first-order valence-electron chi connectivity index (χ1n) is 13.7. The number of nitrogen functional groups attached to an aromatic ring is 1. The van der Waals surface area contributed by atoms with E-state index in [1.165, 1.54) is 25.1 Å². The van der Waals surface area contributed by atoms with Crippen LogP contribution in [0.1, 0.15) is 58.5 Å². The monoisotopic (exact) mass is 699 g/mol. The van der Waals surface area contributed by atoms with Gasteiger partial charge in [-0.2, -0.15) is 0 Å². The molecular weight excluding hydrogens is 661 g/mol. The summed E-state index contributed by atoms with van der Waals surface area (Å²) in [5, 5.41) is 15.5. The highest BCUT2D eigenvalue weighted by molar-refractivity contribution is 7.93. The second-order valence-electron chi connectivity index (χ2n) is 10.0. The number of nitrogens with one attached hydrogen (secondary N) is 2. The molecule has 0 spiro atoms. The second kappa shape index (κ2) is 17.4. The van der Waals surface area contributed by atoms with Crippen LogP contribution in [-0.2, 0) is 19.6 Å².